The van der Waals surface area contributed by atoms with E-state index in [1.165, 1.54) is 0 Å². The van der Waals surface area contributed by atoms with Gasteiger partial charge in [-0.15, -0.1) is 0 Å². The molecule has 0 spiro atoms. The van der Waals surface area contributed by atoms with Gasteiger partial charge in [0.25, 0.3) is 0 Å². The van der Waals surface area contributed by atoms with E-state index >= 15 is 0 Å². The maximum atomic E-state index is 12.0. The molecule has 1 heterocycles. The third-order valence-electron chi connectivity index (χ3n) is 3.90. The number of hydrogen-bond donors (Lipinski definition) is 2. The van der Waals surface area contributed by atoms with Crippen molar-refractivity contribution in [3.05, 3.63) is 47.7 Å². The van der Waals surface area contributed by atoms with Crippen molar-refractivity contribution in [3.63, 3.8) is 0 Å². The third-order valence-corrected chi connectivity index (χ3v) is 3.90. The second-order valence-electron chi connectivity index (χ2n) is 5.37. The summed E-state index contributed by atoms with van der Waals surface area (Å²) in [5.41, 5.74) is 1.87. The lowest BCUT2D eigenvalue weighted by atomic mass is 9.79. The molecule has 1 unspecified atom stereocenters. The molecule has 5 nitrogen and oxygen atoms in total. The summed E-state index contributed by atoms with van der Waals surface area (Å²) in [7, 11) is 0. The van der Waals surface area contributed by atoms with E-state index in [0.29, 0.717) is 12.8 Å². The average molecular weight is 280 g/mol. The van der Waals surface area contributed by atoms with Crippen LogP contribution in [0.3, 0.4) is 0 Å². The highest BCUT2D eigenvalue weighted by Crippen LogP contribution is 2.28. The molecule has 106 valence electrons. The van der Waals surface area contributed by atoms with Crippen LogP contribution in [0.4, 0.5) is 0 Å². The minimum atomic E-state index is -0.0177. The summed E-state index contributed by atoms with van der Waals surface area (Å²) in [4.78, 5) is 16.5. The van der Waals surface area contributed by atoms with Crippen molar-refractivity contribution in [3.8, 4) is 6.19 Å². The molecular formula is C16H16N4O. The number of nitrogens with one attached hydrogen (secondary N) is 2. The van der Waals surface area contributed by atoms with Crippen molar-refractivity contribution in [1.82, 2.24) is 10.6 Å². The Bertz CT molecular complexity index is 623. The maximum Gasteiger partial charge on any atom is 0.227 e. The van der Waals surface area contributed by atoms with Crippen LogP contribution in [-0.2, 0) is 4.79 Å². The van der Waals surface area contributed by atoms with Crippen LogP contribution in [0, 0.1) is 17.4 Å². The minimum absolute atomic E-state index is 0.0115. The van der Waals surface area contributed by atoms with Gasteiger partial charge in [0.05, 0.1) is 11.7 Å². The number of nitrogens with zero attached hydrogens (tertiary/aromatic N) is 2. The molecule has 21 heavy (non-hydrogen) atoms. The standard InChI is InChI=1S/C16H16N4O/c17-10-19-13-6-12(7-13)16(21)20-14-8-15(18-9-14)11-4-2-1-3-5-11/h1-5,8-9,12-13,15,19H,6-7H2,(H,20,21). The average Bonchev–Trinajstić information content (AvgIpc) is 2.91. The van der Waals surface area contributed by atoms with E-state index in [4.69, 9.17) is 5.26 Å². The fourth-order valence-electron chi connectivity index (χ4n) is 2.61. The summed E-state index contributed by atoms with van der Waals surface area (Å²) in [6.07, 6.45) is 7.00. The molecule has 1 atom stereocenters. The minimum Gasteiger partial charge on any atom is -0.325 e. The Balaban J connectivity index is 1.54. The highest BCUT2D eigenvalue weighted by molar-refractivity contribution is 5.91. The number of carbonyl (C=O) groups excluding carboxylic acids is 1. The fourth-order valence-corrected chi connectivity index (χ4v) is 2.61. The van der Waals surface area contributed by atoms with Crippen LogP contribution in [0.2, 0.25) is 0 Å². The zero-order chi connectivity index (χ0) is 14.7. The molecule has 5 heteroatoms. The Morgan fingerprint density at radius 2 is 2.05 bits per heavy atom. The van der Waals surface area contributed by atoms with E-state index in [-0.39, 0.29) is 23.9 Å². The number of benzene rings is 1. The number of rotatable bonds is 4. The molecule has 1 fully saturated rings. The van der Waals surface area contributed by atoms with E-state index in [9.17, 15) is 4.79 Å². The van der Waals surface area contributed by atoms with Gasteiger partial charge >= 0.3 is 0 Å². The Kier molecular flexibility index (Phi) is 3.69. The van der Waals surface area contributed by atoms with Crippen LogP contribution in [0.5, 0.6) is 0 Å². The quantitative estimate of drug-likeness (QED) is 0.650. The molecule has 2 aliphatic rings. The van der Waals surface area contributed by atoms with Crippen molar-refractivity contribution in [2.45, 2.75) is 24.9 Å². The number of amides is 1. The van der Waals surface area contributed by atoms with Crippen molar-refractivity contribution < 1.29 is 4.79 Å². The van der Waals surface area contributed by atoms with Crippen molar-refractivity contribution in [1.29, 1.82) is 5.26 Å². The first-order valence-corrected chi connectivity index (χ1v) is 7.01. The van der Waals surface area contributed by atoms with E-state index in [1.807, 2.05) is 42.6 Å². The van der Waals surface area contributed by atoms with Gasteiger partial charge in [0.2, 0.25) is 5.91 Å². The van der Waals surface area contributed by atoms with Gasteiger partial charge in [0.15, 0.2) is 6.19 Å². The molecule has 0 aromatic heterocycles. The Labute approximate surface area is 123 Å². The van der Waals surface area contributed by atoms with E-state index in [0.717, 1.165) is 11.3 Å². The van der Waals surface area contributed by atoms with Crippen molar-refractivity contribution >= 4 is 12.1 Å². The SMILES string of the molecule is N#CNC1CC(C(=O)NC2=CC(c3ccccc3)N=C2)C1. The van der Waals surface area contributed by atoms with Crippen molar-refractivity contribution in [2.75, 3.05) is 0 Å². The van der Waals surface area contributed by atoms with Crippen LogP contribution in [0.15, 0.2) is 47.1 Å². The van der Waals surface area contributed by atoms with Crippen LogP contribution in [0.1, 0.15) is 24.4 Å². The fraction of sp³-hybridized carbons (Fsp3) is 0.312. The van der Waals surface area contributed by atoms with Gasteiger partial charge in [-0.1, -0.05) is 30.3 Å². The predicted molar refractivity (Wildman–Crippen MR) is 79.2 cm³/mol. The van der Waals surface area contributed by atoms with Gasteiger partial charge in [-0.2, -0.15) is 5.26 Å². The topological polar surface area (TPSA) is 77.3 Å². The van der Waals surface area contributed by atoms with E-state index in [2.05, 4.69) is 15.6 Å². The van der Waals surface area contributed by atoms with Crippen LogP contribution in [0.25, 0.3) is 0 Å². The lowest BCUT2D eigenvalue weighted by Crippen LogP contribution is -2.46. The summed E-state index contributed by atoms with van der Waals surface area (Å²) in [5, 5.41) is 14.1. The second kappa shape index (κ2) is 5.80. The maximum absolute atomic E-state index is 12.0. The first-order chi connectivity index (χ1) is 10.3. The van der Waals surface area contributed by atoms with Gasteiger partial charge in [-0.25, -0.2) is 0 Å². The molecule has 0 saturated heterocycles. The van der Waals surface area contributed by atoms with Crippen LogP contribution >= 0.6 is 0 Å². The molecule has 2 N–H and O–H groups in total. The molecule has 1 aliphatic carbocycles. The summed E-state index contributed by atoms with van der Waals surface area (Å²) in [6, 6.07) is 10.1. The monoisotopic (exact) mass is 280 g/mol. The predicted octanol–water partition coefficient (Wildman–Crippen LogP) is 1.66. The number of aliphatic imine (C=N–C) groups is 1. The Morgan fingerprint density at radius 1 is 1.29 bits per heavy atom. The summed E-state index contributed by atoms with van der Waals surface area (Å²) < 4.78 is 0. The smallest absolute Gasteiger partial charge is 0.227 e. The molecule has 1 aliphatic heterocycles. The Morgan fingerprint density at radius 3 is 2.76 bits per heavy atom. The van der Waals surface area contributed by atoms with Gasteiger partial charge in [-0.05, 0) is 24.5 Å². The first-order valence-electron chi connectivity index (χ1n) is 7.01. The number of allylic oxidation sites excluding steroid dienone is 1. The molecule has 3 rings (SSSR count). The molecule has 1 aromatic rings. The summed E-state index contributed by atoms with van der Waals surface area (Å²) in [6.45, 7) is 0. The third kappa shape index (κ3) is 2.95. The summed E-state index contributed by atoms with van der Waals surface area (Å²) >= 11 is 0. The largest absolute Gasteiger partial charge is 0.325 e. The molecule has 1 aromatic carbocycles. The highest BCUT2D eigenvalue weighted by Gasteiger charge is 2.34. The summed E-state index contributed by atoms with van der Waals surface area (Å²) in [5.74, 6) is -0.00155. The van der Waals surface area contributed by atoms with Gasteiger partial charge in [-0.3, -0.25) is 9.79 Å². The second-order valence-corrected chi connectivity index (χ2v) is 5.37. The van der Waals surface area contributed by atoms with Gasteiger partial charge in [0, 0.05) is 18.2 Å². The first kappa shape index (κ1) is 13.4. The van der Waals surface area contributed by atoms with E-state index < -0.39 is 0 Å². The molecule has 1 amide bonds. The van der Waals surface area contributed by atoms with Gasteiger partial charge < -0.3 is 10.6 Å². The molecule has 0 bridgehead atoms. The number of nitriles is 1. The highest BCUT2D eigenvalue weighted by atomic mass is 16.1. The molecule has 1 saturated carbocycles. The van der Waals surface area contributed by atoms with E-state index in [1.54, 1.807) is 6.21 Å². The Hall–Kier alpha value is -2.61. The molecular weight excluding hydrogens is 264 g/mol. The van der Waals surface area contributed by atoms with Crippen molar-refractivity contribution in [2.24, 2.45) is 10.9 Å². The number of hydrogen-bond acceptors (Lipinski definition) is 4. The zero-order valence-corrected chi connectivity index (χ0v) is 11.5. The molecule has 0 radical (unpaired) electrons. The zero-order valence-electron chi connectivity index (χ0n) is 11.5. The normalized spacial score (nSPS) is 26.4. The van der Waals surface area contributed by atoms with Crippen LogP contribution < -0.4 is 10.6 Å². The van der Waals surface area contributed by atoms with Gasteiger partial charge in [0.1, 0.15) is 0 Å². The lowest BCUT2D eigenvalue weighted by molar-refractivity contribution is -0.127. The van der Waals surface area contributed by atoms with Crippen LogP contribution in [-0.4, -0.2) is 18.2 Å². The number of carbonyl (C=O) groups is 1. The lowest BCUT2D eigenvalue weighted by Gasteiger charge is -2.32.